The van der Waals surface area contributed by atoms with E-state index in [2.05, 4.69) is 10.3 Å². The number of carbonyl (C=O) groups is 1. The summed E-state index contributed by atoms with van der Waals surface area (Å²) in [5.74, 6) is 1.99. The second-order valence-corrected chi connectivity index (χ2v) is 7.45. The number of halogens is 1. The topological polar surface area (TPSA) is 78.9 Å². The molecule has 28 heavy (non-hydrogen) atoms. The molecule has 2 aromatic carbocycles. The van der Waals surface area contributed by atoms with Gasteiger partial charge >= 0.3 is 5.97 Å². The molecule has 1 aliphatic rings. The third-order valence-corrected chi connectivity index (χ3v) is 5.07. The highest BCUT2D eigenvalue weighted by atomic mass is 35.5. The number of hydrogen-bond acceptors (Lipinski definition) is 8. The van der Waals surface area contributed by atoms with Crippen LogP contribution in [0.25, 0.3) is 0 Å². The maximum atomic E-state index is 11.9. The Morgan fingerprint density at radius 3 is 2.89 bits per heavy atom. The maximum Gasteiger partial charge on any atom is 0.337 e. The molecule has 144 valence electrons. The molecule has 0 radical (unpaired) electrons. The molecule has 0 aliphatic carbocycles. The van der Waals surface area contributed by atoms with Crippen LogP contribution < -0.4 is 19.5 Å². The second kappa shape index (κ2) is 7.95. The van der Waals surface area contributed by atoms with Gasteiger partial charge in [0.15, 0.2) is 21.7 Å². The van der Waals surface area contributed by atoms with Gasteiger partial charge in [0.05, 0.1) is 24.9 Å². The summed E-state index contributed by atoms with van der Waals surface area (Å²) in [6.07, 6.45) is 1.70. The summed E-state index contributed by atoms with van der Waals surface area (Å²) in [6, 6.07) is 10.4. The van der Waals surface area contributed by atoms with Crippen LogP contribution in [0.5, 0.6) is 23.0 Å². The van der Waals surface area contributed by atoms with E-state index >= 15 is 0 Å². The van der Waals surface area contributed by atoms with E-state index in [1.807, 2.05) is 0 Å². The van der Waals surface area contributed by atoms with Gasteiger partial charge in [0, 0.05) is 17.1 Å². The van der Waals surface area contributed by atoms with Crippen LogP contribution in [0, 0.1) is 0 Å². The molecule has 0 unspecified atom stereocenters. The van der Waals surface area contributed by atoms with Crippen molar-refractivity contribution in [3.05, 3.63) is 57.5 Å². The lowest BCUT2D eigenvalue weighted by Crippen LogP contribution is -2.05. The first-order valence-corrected chi connectivity index (χ1v) is 9.46. The van der Waals surface area contributed by atoms with Crippen LogP contribution >= 0.6 is 22.9 Å². The van der Waals surface area contributed by atoms with E-state index in [-0.39, 0.29) is 6.79 Å². The van der Waals surface area contributed by atoms with E-state index in [4.69, 9.17) is 30.5 Å². The molecule has 0 amide bonds. The van der Waals surface area contributed by atoms with Crippen molar-refractivity contribution in [1.82, 2.24) is 4.98 Å². The summed E-state index contributed by atoms with van der Waals surface area (Å²) in [7, 11) is 1.34. The predicted molar refractivity (Wildman–Crippen MR) is 105 cm³/mol. The third-order valence-electron chi connectivity index (χ3n) is 3.95. The first-order chi connectivity index (χ1) is 13.6. The Kier molecular flexibility index (Phi) is 5.23. The molecule has 9 heteroatoms. The molecule has 0 bridgehead atoms. The molecule has 0 saturated carbocycles. The van der Waals surface area contributed by atoms with Gasteiger partial charge in [0.25, 0.3) is 0 Å². The number of nitrogens with one attached hydrogen (secondary N) is 1. The minimum Gasteiger partial charge on any atom is -0.465 e. The monoisotopic (exact) mass is 418 g/mol. The minimum absolute atomic E-state index is 0.191. The highest BCUT2D eigenvalue weighted by Gasteiger charge is 2.16. The smallest absolute Gasteiger partial charge is 0.337 e. The summed E-state index contributed by atoms with van der Waals surface area (Å²) < 4.78 is 22.0. The van der Waals surface area contributed by atoms with Crippen molar-refractivity contribution in [3.8, 4) is 23.0 Å². The van der Waals surface area contributed by atoms with E-state index in [1.54, 1.807) is 42.6 Å². The normalized spacial score (nSPS) is 11.9. The van der Waals surface area contributed by atoms with Crippen LogP contribution in [0.4, 0.5) is 5.69 Å². The summed E-state index contributed by atoms with van der Waals surface area (Å²) >= 11 is 7.26. The Balaban J connectivity index is 1.60. The Morgan fingerprint density at radius 2 is 2.11 bits per heavy atom. The lowest BCUT2D eigenvalue weighted by molar-refractivity contribution is 0.0601. The molecule has 2 heterocycles. The molecule has 0 atom stereocenters. The lowest BCUT2D eigenvalue weighted by Gasteiger charge is -2.14. The molecule has 1 aromatic heterocycles. The van der Waals surface area contributed by atoms with Crippen LogP contribution in [0.15, 0.2) is 42.6 Å². The number of methoxy groups -OCH3 is 1. The Bertz CT molecular complexity index is 1020. The zero-order chi connectivity index (χ0) is 19.5. The standard InChI is InChI=1S/C19H15ClN2O5S/c1-24-18(23)11-2-4-15(14(6-11)21-8-13-9-22-19(20)28-13)27-12-3-5-16-17(7-12)26-10-25-16/h2-7,9,21H,8,10H2,1H3. The highest BCUT2D eigenvalue weighted by Crippen LogP contribution is 2.38. The fraction of sp³-hybridized carbons (Fsp3) is 0.158. The zero-order valence-electron chi connectivity index (χ0n) is 14.7. The highest BCUT2D eigenvalue weighted by molar-refractivity contribution is 7.15. The number of benzene rings is 2. The van der Waals surface area contributed by atoms with Crippen molar-refractivity contribution in [3.63, 3.8) is 0 Å². The van der Waals surface area contributed by atoms with Crippen molar-refractivity contribution < 1.29 is 23.7 Å². The molecular formula is C19H15ClN2O5S. The molecule has 0 saturated heterocycles. The number of rotatable bonds is 6. The van der Waals surface area contributed by atoms with E-state index in [9.17, 15) is 4.79 Å². The van der Waals surface area contributed by atoms with E-state index in [0.717, 1.165) is 4.88 Å². The van der Waals surface area contributed by atoms with Crippen molar-refractivity contribution in [2.45, 2.75) is 6.54 Å². The molecule has 7 nitrogen and oxygen atoms in total. The number of fused-ring (bicyclic) bond motifs is 1. The molecule has 0 spiro atoms. The molecule has 3 aromatic rings. The number of thiazole rings is 1. The first kappa shape index (κ1) is 18.4. The van der Waals surface area contributed by atoms with Crippen LogP contribution in [0.1, 0.15) is 15.2 Å². The summed E-state index contributed by atoms with van der Waals surface area (Å²) in [5.41, 5.74) is 1.04. The van der Waals surface area contributed by atoms with Gasteiger partial charge in [-0.15, -0.1) is 11.3 Å². The Labute approximate surface area is 169 Å². The Hall–Kier alpha value is -2.97. The van der Waals surface area contributed by atoms with Crippen LogP contribution in [0.3, 0.4) is 0 Å². The van der Waals surface area contributed by atoms with Crippen LogP contribution in [-0.4, -0.2) is 24.9 Å². The van der Waals surface area contributed by atoms with Gasteiger partial charge in [-0.3, -0.25) is 0 Å². The fourth-order valence-corrected chi connectivity index (χ4v) is 3.53. The van der Waals surface area contributed by atoms with E-state index in [1.165, 1.54) is 18.4 Å². The predicted octanol–water partition coefficient (Wildman–Crippen LogP) is 4.72. The van der Waals surface area contributed by atoms with Gasteiger partial charge in [-0.25, -0.2) is 9.78 Å². The van der Waals surface area contributed by atoms with Crippen molar-refractivity contribution >= 4 is 34.6 Å². The number of ether oxygens (including phenoxy) is 4. The van der Waals surface area contributed by atoms with Gasteiger partial charge in [-0.2, -0.15) is 0 Å². The van der Waals surface area contributed by atoms with Crippen molar-refractivity contribution in [2.75, 3.05) is 19.2 Å². The lowest BCUT2D eigenvalue weighted by atomic mass is 10.2. The van der Waals surface area contributed by atoms with Gasteiger partial charge in [-0.05, 0) is 30.3 Å². The molecule has 0 fully saturated rings. The summed E-state index contributed by atoms with van der Waals surface area (Å²) in [5, 5.41) is 3.26. The SMILES string of the molecule is COC(=O)c1ccc(Oc2ccc3c(c2)OCO3)c(NCc2cnc(Cl)s2)c1. The van der Waals surface area contributed by atoms with Gasteiger partial charge in [0.2, 0.25) is 6.79 Å². The number of esters is 1. The summed E-state index contributed by atoms with van der Waals surface area (Å²) in [4.78, 5) is 16.9. The number of anilines is 1. The van der Waals surface area contributed by atoms with Gasteiger partial charge < -0.3 is 24.3 Å². The minimum atomic E-state index is -0.432. The third kappa shape index (κ3) is 3.97. The number of nitrogens with zero attached hydrogens (tertiary/aromatic N) is 1. The molecule has 1 aliphatic heterocycles. The molecular weight excluding hydrogens is 404 g/mol. The quantitative estimate of drug-likeness (QED) is 0.580. The van der Waals surface area contributed by atoms with Crippen LogP contribution in [-0.2, 0) is 11.3 Å². The fourth-order valence-electron chi connectivity index (χ4n) is 2.62. The number of aromatic nitrogens is 1. The maximum absolute atomic E-state index is 11.9. The Morgan fingerprint density at radius 1 is 1.25 bits per heavy atom. The van der Waals surface area contributed by atoms with Crippen molar-refractivity contribution in [1.29, 1.82) is 0 Å². The van der Waals surface area contributed by atoms with Crippen molar-refractivity contribution in [2.24, 2.45) is 0 Å². The zero-order valence-corrected chi connectivity index (χ0v) is 16.3. The van der Waals surface area contributed by atoms with Gasteiger partial charge in [-0.1, -0.05) is 11.6 Å². The molecule has 1 N–H and O–H groups in total. The second-order valence-electron chi connectivity index (χ2n) is 5.75. The average Bonchev–Trinajstić information content (AvgIpc) is 3.34. The first-order valence-electron chi connectivity index (χ1n) is 8.26. The summed E-state index contributed by atoms with van der Waals surface area (Å²) in [6.45, 7) is 0.670. The number of hydrogen-bond donors (Lipinski definition) is 1. The van der Waals surface area contributed by atoms with E-state index < -0.39 is 5.97 Å². The van der Waals surface area contributed by atoms with Gasteiger partial charge in [0.1, 0.15) is 5.75 Å². The largest absolute Gasteiger partial charge is 0.465 e. The average molecular weight is 419 g/mol. The van der Waals surface area contributed by atoms with Crippen LogP contribution in [0.2, 0.25) is 4.47 Å². The number of carbonyl (C=O) groups excluding carboxylic acids is 1. The van der Waals surface area contributed by atoms with E-state index in [0.29, 0.717) is 45.3 Å². The molecule has 4 rings (SSSR count).